The number of carbonyl (C=O) groups excluding carboxylic acids is 1. The predicted molar refractivity (Wildman–Crippen MR) is 124 cm³/mol. The molecule has 6 heteroatoms. The highest BCUT2D eigenvalue weighted by molar-refractivity contribution is 6.30. The lowest BCUT2D eigenvalue weighted by molar-refractivity contribution is 0.101. The fraction of sp³-hybridized carbons (Fsp3) is 0.0769. The Morgan fingerprint density at radius 1 is 1.03 bits per heavy atom. The molecular weight excluding hydrogens is 424 g/mol. The Labute approximate surface area is 189 Å². The number of fused-ring (bicyclic) bond motifs is 1. The van der Waals surface area contributed by atoms with Crippen LogP contribution in [0.1, 0.15) is 21.7 Å². The van der Waals surface area contributed by atoms with E-state index in [1.54, 1.807) is 31.6 Å². The fourth-order valence-electron chi connectivity index (χ4n) is 3.77. The van der Waals surface area contributed by atoms with E-state index in [1.165, 1.54) is 0 Å². The number of ketones is 1. The minimum Gasteiger partial charge on any atom is -0.497 e. The largest absolute Gasteiger partial charge is 0.497 e. The highest BCUT2D eigenvalue weighted by Crippen LogP contribution is 2.30. The molecule has 5 aromatic rings. The average Bonchev–Trinajstić information content (AvgIpc) is 3.46. The Kier molecular flexibility index (Phi) is 5.25. The minimum atomic E-state index is -0.182. The van der Waals surface area contributed by atoms with Crippen LogP contribution in [0.2, 0.25) is 5.02 Å². The lowest BCUT2D eigenvalue weighted by atomic mass is 10.1. The Hall–Kier alpha value is -3.83. The van der Waals surface area contributed by atoms with Crippen LogP contribution in [0.15, 0.2) is 89.7 Å². The van der Waals surface area contributed by atoms with Crippen LogP contribution in [0, 0.1) is 0 Å². The van der Waals surface area contributed by atoms with Crippen LogP contribution < -0.4 is 4.74 Å². The summed E-state index contributed by atoms with van der Waals surface area (Å²) in [5, 5.41) is 1.50. The van der Waals surface area contributed by atoms with Crippen LogP contribution in [-0.2, 0) is 6.54 Å². The quantitative estimate of drug-likeness (QED) is 0.292. The molecule has 2 aromatic carbocycles. The number of carbonyl (C=O) groups is 1. The van der Waals surface area contributed by atoms with Gasteiger partial charge in [0.05, 0.1) is 12.7 Å². The Morgan fingerprint density at radius 3 is 2.56 bits per heavy atom. The molecule has 0 atom stereocenters. The summed E-state index contributed by atoms with van der Waals surface area (Å²) in [5.41, 5.74) is 3.44. The third kappa shape index (κ3) is 3.79. The van der Waals surface area contributed by atoms with E-state index >= 15 is 0 Å². The maximum absolute atomic E-state index is 13.4. The predicted octanol–water partition coefficient (Wildman–Crippen LogP) is 6.24. The summed E-state index contributed by atoms with van der Waals surface area (Å²) >= 11 is 6.02. The van der Waals surface area contributed by atoms with Crippen molar-refractivity contribution in [2.24, 2.45) is 0 Å². The first-order valence-electron chi connectivity index (χ1n) is 10.1. The highest BCUT2D eigenvalue weighted by atomic mass is 35.5. The fourth-order valence-corrected chi connectivity index (χ4v) is 3.89. The van der Waals surface area contributed by atoms with E-state index < -0.39 is 0 Å². The van der Waals surface area contributed by atoms with Gasteiger partial charge >= 0.3 is 0 Å². The zero-order valence-electron chi connectivity index (χ0n) is 17.3. The van der Waals surface area contributed by atoms with Gasteiger partial charge in [0.25, 0.3) is 0 Å². The molecule has 0 N–H and O–H groups in total. The van der Waals surface area contributed by atoms with Gasteiger partial charge in [-0.3, -0.25) is 9.78 Å². The van der Waals surface area contributed by atoms with Gasteiger partial charge in [-0.1, -0.05) is 23.7 Å². The average molecular weight is 443 g/mol. The van der Waals surface area contributed by atoms with Gasteiger partial charge in [-0.25, -0.2) is 0 Å². The van der Waals surface area contributed by atoms with Crippen LogP contribution in [-0.4, -0.2) is 22.4 Å². The summed E-state index contributed by atoms with van der Waals surface area (Å²) in [6, 6.07) is 20.6. The molecule has 3 aromatic heterocycles. The minimum absolute atomic E-state index is 0.182. The van der Waals surface area contributed by atoms with E-state index in [4.69, 9.17) is 20.8 Å². The molecule has 0 saturated carbocycles. The van der Waals surface area contributed by atoms with E-state index in [0.29, 0.717) is 28.6 Å². The van der Waals surface area contributed by atoms with E-state index in [9.17, 15) is 4.79 Å². The lowest BCUT2D eigenvalue weighted by Crippen LogP contribution is -2.00. The third-order valence-corrected chi connectivity index (χ3v) is 5.65. The van der Waals surface area contributed by atoms with Gasteiger partial charge in [0.15, 0.2) is 5.76 Å². The number of nitrogens with zero attached hydrogens (tertiary/aromatic N) is 2. The summed E-state index contributed by atoms with van der Waals surface area (Å²) < 4.78 is 13.4. The molecule has 0 aliphatic heterocycles. The normalized spacial score (nSPS) is 11.1. The van der Waals surface area contributed by atoms with Gasteiger partial charge in [-0.05, 0) is 60.2 Å². The first kappa shape index (κ1) is 20.1. The van der Waals surface area contributed by atoms with Gasteiger partial charge in [-0.2, -0.15) is 0 Å². The molecule has 0 unspecified atom stereocenters. The number of hydrogen-bond acceptors (Lipinski definition) is 4. The maximum atomic E-state index is 13.4. The number of aromatic nitrogens is 2. The lowest BCUT2D eigenvalue weighted by Gasteiger charge is -2.06. The van der Waals surface area contributed by atoms with Gasteiger partial charge in [-0.15, -0.1) is 0 Å². The molecule has 0 amide bonds. The second-order valence-electron chi connectivity index (χ2n) is 7.41. The number of halogens is 1. The molecular formula is C26H19ClN2O3. The first-order chi connectivity index (χ1) is 15.6. The Morgan fingerprint density at radius 2 is 1.81 bits per heavy atom. The molecule has 0 radical (unpaired) electrons. The number of pyridine rings is 1. The molecule has 0 saturated heterocycles. The Balaban J connectivity index is 1.56. The zero-order chi connectivity index (χ0) is 22.1. The van der Waals surface area contributed by atoms with Crippen molar-refractivity contribution in [2.75, 3.05) is 7.11 Å². The van der Waals surface area contributed by atoms with Crippen LogP contribution in [0.4, 0.5) is 0 Å². The van der Waals surface area contributed by atoms with Gasteiger partial charge in [0, 0.05) is 46.6 Å². The molecule has 158 valence electrons. The summed E-state index contributed by atoms with van der Waals surface area (Å²) in [6.07, 6.45) is 5.25. The van der Waals surface area contributed by atoms with Crippen molar-refractivity contribution in [3.8, 4) is 17.1 Å². The van der Waals surface area contributed by atoms with Crippen LogP contribution >= 0.6 is 11.6 Å². The van der Waals surface area contributed by atoms with Crippen molar-refractivity contribution in [3.05, 3.63) is 107 Å². The highest BCUT2D eigenvalue weighted by Gasteiger charge is 2.21. The smallest absolute Gasteiger partial charge is 0.230 e. The van der Waals surface area contributed by atoms with E-state index in [2.05, 4.69) is 9.55 Å². The van der Waals surface area contributed by atoms with Crippen LogP contribution in [0.5, 0.6) is 5.75 Å². The molecule has 0 fully saturated rings. The molecule has 0 spiro atoms. The van der Waals surface area contributed by atoms with Gasteiger partial charge in [0.1, 0.15) is 11.5 Å². The van der Waals surface area contributed by atoms with E-state index in [-0.39, 0.29) is 11.5 Å². The number of benzene rings is 2. The number of furan rings is 1. The molecule has 32 heavy (non-hydrogen) atoms. The maximum Gasteiger partial charge on any atom is 0.230 e. The van der Waals surface area contributed by atoms with E-state index in [1.807, 2.05) is 60.8 Å². The van der Waals surface area contributed by atoms with Crippen molar-refractivity contribution in [2.45, 2.75) is 6.54 Å². The molecule has 0 aliphatic carbocycles. The van der Waals surface area contributed by atoms with Gasteiger partial charge < -0.3 is 13.7 Å². The molecule has 0 aliphatic rings. The summed E-state index contributed by atoms with van der Waals surface area (Å²) in [5.74, 6) is 1.41. The monoisotopic (exact) mass is 442 g/mol. The molecule has 0 bridgehead atoms. The van der Waals surface area contributed by atoms with Crippen molar-refractivity contribution in [1.82, 2.24) is 9.55 Å². The molecule has 5 nitrogen and oxygen atoms in total. The third-order valence-electron chi connectivity index (χ3n) is 5.39. The Bertz CT molecular complexity index is 1400. The zero-order valence-corrected chi connectivity index (χ0v) is 18.0. The number of ether oxygens (including phenoxy) is 1. The van der Waals surface area contributed by atoms with Crippen molar-refractivity contribution in [3.63, 3.8) is 0 Å². The van der Waals surface area contributed by atoms with E-state index in [0.717, 1.165) is 22.0 Å². The SMILES string of the molecule is COc1ccc2c(c1)c(C(=O)c1ccc(-c3ccncc3)o1)cn2Cc1ccc(Cl)cc1. The second-order valence-corrected chi connectivity index (χ2v) is 7.85. The summed E-state index contributed by atoms with van der Waals surface area (Å²) in [6.45, 7) is 0.605. The van der Waals surface area contributed by atoms with Crippen LogP contribution in [0.25, 0.3) is 22.2 Å². The van der Waals surface area contributed by atoms with Crippen LogP contribution in [0.3, 0.4) is 0 Å². The summed E-state index contributed by atoms with van der Waals surface area (Å²) in [7, 11) is 1.61. The van der Waals surface area contributed by atoms with Crippen molar-refractivity contribution in [1.29, 1.82) is 0 Å². The number of rotatable bonds is 6. The standard InChI is InChI=1S/C26H19ClN2O3/c1-31-20-6-7-23-21(14-20)22(16-29(23)15-17-2-4-19(27)5-3-17)26(30)25-9-8-24(32-25)18-10-12-28-13-11-18/h2-14,16H,15H2,1H3. The summed E-state index contributed by atoms with van der Waals surface area (Å²) in [4.78, 5) is 17.5. The van der Waals surface area contributed by atoms with Crippen molar-refractivity contribution < 1.29 is 13.9 Å². The molecule has 3 heterocycles. The molecule has 5 rings (SSSR count). The topological polar surface area (TPSA) is 57.3 Å². The van der Waals surface area contributed by atoms with Crippen molar-refractivity contribution >= 4 is 28.3 Å². The van der Waals surface area contributed by atoms with Gasteiger partial charge in [0.2, 0.25) is 5.78 Å². The number of methoxy groups -OCH3 is 1. The first-order valence-corrected chi connectivity index (χ1v) is 10.5. The number of hydrogen-bond donors (Lipinski definition) is 0. The second kappa shape index (κ2) is 8.36.